The molecule has 0 aliphatic carbocycles. The third-order valence-corrected chi connectivity index (χ3v) is 25.9. The van der Waals surface area contributed by atoms with Gasteiger partial charge in [0.05, 0.1) is 0 Å². The zero-order valence-electron chi connectivity index (χ0n) is 39.7. The normalized spacial score (nSPS) is 14.5. The fourth-order valence-electron chi connectivity index (χ4n) is 10.5. The number of hydrogen-bond acceptors (Lipinski definition) is 3. The second kappa shape index (κ2) is 19.5. The summed E-state index contributed by atoms with van der Waals surface area (Å²) in [7, 11) is -11.4. The third-order valence-electron chi connectivity index (χ3n) is 14.1. The maximum absolute atomic E-state index is 16.1. The van der Waals surface area contributed by atoms with Crippen LogP contribution in [0.3, 0.4) is 0 Å². The van der Waals surface area contributed by atoms with E-state index in [1.165, 1.54) is 0 Å². The van der Waals surface area contributed by atoms with E-state index in [1.54, 1.807) is 0 Å². The summed E-state index contributed by atoms with van der Waals surface area (Å²) in [4.78, 5) is 0. The van der Waals surface area contributed by atoms with Crippen LogP contribution in [0.2, 0.25) is 0 Å². The van der Waals surface area contributed by atoms with Gasteiger partial charge in [-0.25, -0.2) is 0 Å². The van der Waals surface area contributed by atoms with Gasteiger partial charge in [-0.1, -0.05) is 291 Å². The highest BCUT2D eigenvalue weighted by Crippen LogP contribution is 2.48. The summed E-state index contributed by atoms with van der Waals surface area (Å²) in [6.07, 6.45) is 0. The average molecular weight is 1010 g/mol. The average Bonchev–Trinajstić information content (AvgIpc) is 3.47. The van der Waals surface area contributed by atoms with Crippen LogP contribution in [-0.4, -0.2) is 0 Å². The van der Waals surface area contributed by atoms with E-state index < -0.39 is 29.3 Å². The molecule has 12 aromatic rings. The van der Waals surface area contributed by atoms with Crippen LogP contribution in [-0.2, 0) is 13.7 Å². The Bertz CT molecular complexity index is 3660. The number of rotatable bonds is 12. The molecule has 0 N–H and O–H groups in total. The van der Waals surface area contributed by atoms with Crippen molar-refractivity contribution in [2.45, 2.75) is 0 Å². The van der Waals surface area contributed by atoms with Crippen molar-refractivity contribution in [3.63, 3.8) is 0 Å². The first-order valence-corrected chi connectivity index (χ1v) is 30.9. The molecule has 0 saturated heterocycles. The van der Waals surface area contributed by atoms with Crippen LogP contribution in [0.15, 0.2) is 291 Å². The van der Waals surface area contributed by atoms with Gasteiger partial charge in [-0.15, -0.1) is 0 Å². The van der Waals surface area contributed by atoms with Gasteiger partial charge >= 0.3 is 0 Å². The minimum atomic E-state index is -3.37. The number of benzene rings is 12. The molecule has 350 valence electrons. The Morgan fingerprint density at radius 3 is 0.699 bits per heavy atom. The largest absolute Gasteiger partial charge is 0.309 e. The van der Waals surface area contributed by atoms with E-state index in [4.69, 9.17) is 0 Å². The molecule has 0 aromatic heterocycles. The van der Waals surface area contributed by atoms with Gasteiger partial charge in [0.1, 0.15) is 0 Å². The molecule has 0 aliphatic rings. The van der Waals surface area contributed by atoms with Gasteiger partial charge in [-0.05, 0) is 56.2 Å². The molecule has 12 rings (SSSR count). The van der Waals surface area contributed by atoms with E-state index >= 15 is 13.7 Å². The summed E-state index contributed by atoms with van der Waals surface area (Å²) in [5, 5.41) is 16.2. The Hall–Kier alpha value is -7.46. The van der Waals surface area contributed by atoms with Gasteiger partial charge in [0.15, 0.2) is 21.4 Å². The van der Waals surface area contributed by atoms with Crippen molar-refractivity contribution in [2.75, 3.05) is 0 Å². The second-order valence-electron chi connectivity index (χ2n) is 18.2. The molecule has 73 heavy (non-hydrogen) atoms. The van der Waals surface area contributed by atoms with Crippen molar-refractivity contribution < 1.29 is 13.7 Å². The predicted octanol–water partition coefficient (Wildman–Crippen LogP) is 11.8. The zero-order valence-corrected chi connectivity index (χ0v) is 43.3. The molecule has 3 unspecified atom stereocenters. The Morgan fingerprint density at radius 1 is 0.205 bits per heavy atom. The summed E-state index contributed by atoms with van der Waals surface area (Å²) in [6, 6.07) is 97.4. The molecular formula is C66H48O3P4. The molecule has 7 heteroatoms. The molecule has 0 radical (unpaired) electrons. The Kier molecular flexibility index (Phi) is 12.5. The Balaban J connectivity index is 1.02. The molecule has 0 saturated carbocycles. The molecule has 0 heterocycles. The van der Waals surface area contributed by atoms with Gasteiger partial charge < -0.3 is 13.7 Å². The van der Waals surface area contributed by atoms with Crippen molar-refractivity contribution in [1.29, 1.82) is 0 Å². The number of hydrogen-bond donors (Lipinski definition) is 0. The lowest BCUT2D eigenvalue weighted by Gasteiger charge is -2.25. The van der Waals surface area contributed by atoms with Crippen LogP contribution in [0.4, 0.5) is 0 Å². The van der Waals surface area contributed by atoms with Crippen LogP contribution in [0, 0.1) is 0 Å². The van der Waals surface area contributed by atoms with Crippen LogP contribution >= 0.6 is 29.3 Å². The van der Waals surface area contributed by atoms with Gasteiger partial charge in [0.2, 0.25) is 0 Å². The molecule has 0 aliphatic heterocycles. The van der Waals surface area contributed by atoms with E-state index in [2.05, 4.69) is 127 Å². The predicted molar refractivity (Wildman–Crippen MR) is 316 cm³/mol. The summed E-state index contributed by atoms with van der Waals surface area (Å²) >= 11 is 0. The smallest absolute Gasteiger partial charge is 0.171 e. The fraction of sp³-hybridized carbons (Fsp3) is 0. The lowest BCUT2D eigenvalue weighted by atomic mass is 10.1. The Labute approximate surface area is 427 Å². The maximum atomic E-state index is 16.1. The zero-order chi connectivity index (χ0) is 49.4. The topological polar surface area (TPSA) is 51.2 Å². The van der Waals surface area contributed by atoms with Gasteiger partial charge in [0.25, 0.3) is 0 Å². The highest BCUT2D eigenvalue weighted by molar-refractivity contribution is 7.86. The van der Waals surface area contributed by atoms with Gasteiger partial charge in [0, 0.05) is 47.7 Å². The van der Waals surface area contributed by atoms with Crippen LogP contribution < -0.4 is 63.7 Å². The highest BCUT2D eigenvalue weighted by atomic mass is 31.2. The molecule has 12 aromatic carbocycles. The highest BCUT2D eigenvalue weighted by Gasteiger charge is 2.35. The van der Waals surface area contributed by atoms with Crippen molar-refractivity contribution in [3.8, 4) is 0 Å². The summed E-state index contributed by atoms with van der Waals surface area (Å²) in [6.45, 7) is 0. The van der Waals surface area contributed by atoms with Crippen molar-refractivity contribution in [1.82, 2.24) is 0 Å². The van der Waals surface area contributed by atoms with Crippen LogP contribution in [0.1, 0.15) is 0 Å². The first-order valence-electron chi connectivity index (χ1n) is 24.4. The molecule has 0 bridgehead atoms. The third kappa shape index (κ3) is 8.19. The van der Waals surface area contributed by atoms with Gasteiger partial charge in [-0.2, -0.15) is 0 Å². The van der Waals surface area contributed by atoms with Crippen molar-refractivity contribution in [2.24, 2.45) is 0 Å². The van der Waals surface area contributed by atoms with Crippen LogP contribution in [0.25, 0.3) is 32.3 Å². The standard InChI is InChI=1S/C66H48O3P4/c67-71(55-25-4-1-5-26-55,64-34-16-22-49-19-10-13-31-61(49)64)58-43-37-52(38-44-58)70(53-39-45-59(46-40-53)72(68,56-27-6-2-7-28-56)65-35-17-23-50-20-11-14-32-62(50)65)54-41-47-60(48-42-54)73(69,57-29-8-3-9-30-57)66-36-18-24-51-21-12-15-33-63(51)66/h1-48H. The first kappa shape index (κ1) is 46.6. The minimum Gasteiger partial charge on any atom is -0.309 e. The SMILES string of the molecule is O=P(c1ccccc1)(c1ccc(P(c2ccc(P(=O)(c3ccccc3)c3cccc4ccccc34)cc2)c2ccc(P(=O)(c3ccccc3)c3cccc4ccccc34)cc2)cc1)c1cccc2ccccc12. The molecule has 3 atom stereocenters. The maximum Gasteiger partial charge on any atom is 0.171 e. The van der Waals surface area contributed by atoms with E-state index in [9.17, 15) is 0 Å². The van der Waals surface area contributed by atoms with Crippen LogP contribution in [0.5, 0.6) is 0 Å². The van der Waals surface area contributed by atoms with E-state index in [1.807, 2.05) is 164 Å². The van der Waals surface area contributed by atoms with Crippen molar-refractivity contribution >= 4 is 125 Å². The lowest BCUT2D eigenvalue weighted by Crippen LogP contribution is -2.29. The van der Waals surface area contributed by atoms with E-state index in [-0.39, 0.29) is 0 Å². The molecule has 3 nitrogen and oxygen atoms in total. The first-order chi connectivity index (χ1) is 35.8. The van der Waals surface area contributed by atoms with Gasteiger partial charge in [-0.3, -0.25) is 0 Å². The molecule has 0 amide bonds. The summed E-state index contributed by atoms with van der Waals surface area (Å²) < 4.78 is 48.3. The summed E-state index contributed by atoms with van der Waals surface area (Å²) in [5.41, 5.74) is 0. The molecule has 0 fully saturated rings. The Morgan fingerprint density at radius 2 is 0.425 bits per heavy atom. The number of fused-ring (bicyclic) bond motifs is 3. The van der Waals surface area contributed by atoms with Crippen molar-refractivity contribution in [3.05, 3.63) is 291 Å². The monoisotopic (exact) mass is 1010 g/mol. The quantitative estimate of drug-likeness (QED) is 0.115. The van der Waals surface area contributed by atoms with E-state index in [0.717, 1.165) is 96.0 Å². The molecule has 0 spiro atoms. The van der Waals surface area contributed by atoms with E-state index in [0.29, 0.717) is 0 Å². The minimum absolute atomic E-state index is 0.747. The lowest BCUT2D eigenvalue weighted by molar-refractivity contribution is 0.592. The molecular weight excluding hydrogens is 965 g/mol. The summed E-state index contributed by atoms with van der Waals surface area (Å²) in [5.74, 6) is 0. The fourth-order valence-corrected chi connectivity index (χ4v) is 21.3. The second-order valence-corrected chi connectivity index (χ2v) is 28.6.